The minimum Gasteiger partial charge on any atom is -0.326 e. The van der Waals surface area contributed by atoms with Gasteiger partial charge in [0.1, 0.15) is 0 Å². The van der Waals surface area contributed by atoms with Gasteiger partial charge in [-0.15, -0.1) is 0 Å². The van der Waals surface area contributed by atoms with E-state index in [1.54, 1.807) is 4.90 Å². The highest BCUT2D eigenvalue weighted by molar-refractivity contribution is 5.95. The summed E-state index contributed by atoms with van der Waals surface area (Å²) in [5, 5.41) is 0. The standard InChI is InChI=1S/C16H26N2O/c1-4-8-13(9-5-2)16(19)18(3)15-11-7-6-10-14(15)12-17/h6-7,10-11,13H,4-5,8-9,12,17H2,1-3H3. The summed E-state index contributed by atoms with van der Waals surface area (Å²) >= 11 is 0. The summed E-state index contributed by atoms with van der Waals surface area (Å²) in [7, 11) is 1.86. The van der Waals surface area contributed by atoms with Crippen molar-refractivity contribution in [3.63, 3.8) is 0 Å². The molecule has 0 aliphatic carbocycles. The first kappa shape index (κ1) is 15.7. The van der Waals surface area contributed by atoms with Gasteiger partial charge in [0.15, 0.2) is 0 Å². The molecule has 2 N–H and O–H groups in total. The monoisotopic (exact) mass is 262 g/mol. The summed E-state index contributed by atoms with van der Waals surface area (Å²) in [5.74, 6) is 0.343. The van der Waals surface area contributed by atoms with E-state index in [0.717, 1.165) is 36.9 Å². The summed E-state index contributed by atoms with van der Waals surface area (Å²) in [5.41, 5.74) is 7.70. The van der Waals surface area contributed by atoms with E-state index in [1.807, 2.05) is 31.3 Å². The molecule has 0 atom stereocenters. The normalized spacial score (nSPS) is 10.8. The fraction of sp³-hybridized carbons (Fsp3) is 0.562. The van der Waals surface area contributed by atoms with E-state index in [0.29, 0.717) is 6.54 Å². The highest BCUT2D eigenvalue weighted by atomic mass is 16.2. The molecule has 106 valence electrons. The number of nitrogens with zero attached hydrogens (tertiary/aromatic N) is 1. The van der Waals surface area contributed by atoms with Gasteiger partial charge < -0.3 is 10.6 Å². The van der Waals surface area contributed by atoms with Crippen molar-refractivity contribution in [3.05, 3.63) is 29.8 Å². The second-order valence-electron chi connectivity index (χ2n) is 5.00. The third-order valence-corrected chi connectivity index (χ3v) is 3.53. The van der Waals surface area contributed by atoms with Crippen LogP contribution in [0, 0.1) is 5.92 Å². The van der Waals surface area contributed by atoms with Crippen LogP contribution in [0.4, 0.5) is 5.69 Å². The summed E-state index contributed by atoms with van der Waals surface area (Å²) in [6.45, 7) is 4.72. The molecule has 0 saturated carbocycles. The van der Waals surface area contributed by atoms with E-state index < -0.39 is 0 Å². The number of nitrogens with two attached hydrogens (primary N) is 1. The Morgan fingerprint density at radius 1 is 1.21 bits per heavy atom. The fourth-order valence-electron chi connectivity index (χ4n) is 2.49. The summed E-state index contributed by atoms with van der Waals surface area (Å²) in [4.78, 5) is 14.4. The summed E-state index contributed by atoms with van der Waals surface area (Å²) in [6, 6.07) is 7.86. The molecular formula is C16H26N2O. The quantitative estimate of drug-likeness (QED) is 0.819. The van der Waals surface area contributed by atoms with E-state index in [2.05, 4.69) is 13.8 Å². The minimum absolute atomic E-state index is 0.130. The molecule has 0 aliphatic rings. The lowest BCUT2D eigenvalue weighted by Gasteiger charge is -2.25. The lowest BCUT2D eigenvalue weighted by atomic mass is 9.96. The van der Waals surface area contributed by atoms with E-state index in [1.165, 1.54) is 0 Å². The topological polar surface area (TPSA) is 46.3 Å². The van der Waals surface area contributed by atoms with Crippen LogP contribution in [0.15, 0.2) is 24.3 Å². The van der Waals surface area contributed by atoms with Crippen molar-refractivity contribution in [2.45, 2.75) is 46.1 Å². The average Bonchev–Trinajstić information content (AvgIpc) is 2.45. The van der Waals surface area contributed by atoms with E-state index in [9.17, 15) is 4.79 Å². The molecular weight excluding hydrogens is 236 g/mol. The van der Waals surface area contributed by atoms with Crippen molar-refractivity contribution < 1.29 is 4.79 Å². The highest BCUT2D eigenvalue weighted by Gasteiger charge is 2.22. The van der Waals surface area contributed by atoms with Gasteiger partial charge in [0.05, 0.1) is 0 Å². The zero-order chi connectivity index (χ0) is 14.3. The Morgan fingerprint density at radius 3 is 2.32 bits per heavy atom. The maximum atomic E-state index is 12.6. The van der Waals surface area contributed by atoms with Crippen molar-refractivity contribution in [1.29, 1.82) is 0 Å². The summed E-state index contributed by atoms with van der Waals surface area (Å²) in [6.07, 6.45) is 4.01. The first-order chi connectivity index (χ1) is 9.15. The van der Waals surface area contributed by atoms with Gasteiger partial charge in [-0.2, -0.15) is 0 Å². The smallest absolute Gasteiger partial charge is 0.229 e. The Morgan fingerprint density at radius 2 is 1.79 bits per heavy atom. The molecule has 1 aromatic carbocycles. The molecule has 0 bridgehead atoms. The van der Waals surface area contributed by atoms with Crippen molar-refractivity contribution >= 4 is 11.6 Å². The molecule has 0 radical (unpaired) electrons. The van der Waals surface area contributed by atoms with Crippen LogP contribution in [-0.4, -0.2) is 13.0 Å². The van der Waals surface area contributed by atoms with Crippen LogP contribution >= 0.6 is 0 Å². The maximum absolute atomic E-state index is 12.6. The second-order valence-corrected chi connectivity index (χ2v) is 5.00. The number of para-hydroxylation sites is 1. The number of hydrogen-bond acceptors (Lipinski definition) is 2. The van der Waals surface area contributed by atoms with E-state index in [4.69, 9.17) is 5.73 Å². The van der Waals surface area contributed by atoms with Gasteiger partial charge in [0, 0.05) is 25.2 Å². The number of benzene rings is 1. The number of carbonyl (C=O) groups excluding carboxylic acids is 1. The molecule has 1 amide bonds. The predicted octanol–water partition coefficient (Wildman–Crippen LogP) is 3.32. The Hall–Kier alpha value is -1.35. The SMILES string of the molecule is CCCC(CCC)C(=O)N(C)c1ccccc1CN. The van der Waals surface area contributed by atoms with Crippen molar-refractivity contribution in [3.8, 4) is 0 Å². The lowest BCUT2D eigenvalue weighted by Crippen LogP contribution is -2.33. The first-order valence-electron chi connectivity index (χ1n) is 7.21. The molecule has 0 fully saturated rings. The summed E-state index contributed by atoms with van der Waals surface area (Å²) < 4.78 is 0. The maximum Gasteiger partial charge on any atom is 0.229 e. The van der Waals surface area contributed by atoms with Crippen LogP contribution in [0.1, 0.15) is 45.1 Å². The Balaban J connectivity index is 2.90. The average molecular weight is 262 g/mol. The molecule has 0 saturated heterocycles. The van der Waals surface area contributed by atoms with Crippen LogP contribution in [-0.2, 0) is 11.3 Å². The zero-order valence-electron chi connectivity index (χ0n) is 12.4. The van der Waals surface area contributed by atoms with Crippen molar-refractivity contribution in [1.82, 2.24) is 0 Å². The van der Waals surface area contributed by atoms with Crippen molar-refractivity contribution in [2.24, 2.45) is 11.7 Å². The Bertz CT molecular complexity index is 397. The molecule has 3 heteroatoms. The molecule has 0 unspecified atom stereocenters. The van der Waals surface area contributed by atoms with E-state index in [-0.39, 0.29) is 11.8 Å². The molecule has 0 heterocycles. The first-order valence-corrected chi connectivity index (χ1v) is 7.21. The van der Waals surface area contributed by atoms with Crippen LogP contribution < -0.4 is 10.6 Å². The lowest BCUT2D eigenvalue weighted by molar-refractivity contribution is -0.122. The third kappa shape index (κ3) is 4.06. The largest absolute Gasteiger partial charge is 0.326 e. The van der Waals surface area contributed by atoms with Gasteiger partial charge >= 0.3 is 0 Å². The molecule has 1 rings (SSSR count). The minimum atomic E-state index is 0.130. The second kappa shape index (κ2) is 7.95. The van der Waals surface area contributed by atoms with Gasteiger partial charge in [-0.05, 0) is 24.5 Å². The highest BCUT2D eigenvalue weighted by Crippen LogP contribution is 2.23. The van der Waals surface area contributed by atoms with Gasteiger partial charge in [-0.25, -0.2) is 0 Å². The number of rotatable bonds is 7. The fourth-order valence-corrected chi connectivity index (χ4v) is 2.49. The van der Waals surface area contributed by atoms with Gasteiger partial charge in [-0.1, -0.05) is 44.9 Å². The van der Waals surface area contributed by atoms with Crippen LogP contribution in [0.2, 0.25) is 0 Å². The molecule has 19 heavy (non-hydrogen) atoms. The van der Waals surface area contributed by atoms with Gasteiger partial charge in [0.2, 0.25) is 5.91 Å². The number of carbonyl (C=O) groups is 1. The van der Waals surface area contributed by atoms with Crippen LogP contribution in [0.25, 0.3) is 0 Å². The predicted molar refractivity (Wildman–Crippen MR) is 81.0 cm³/mol. The number of amides is 1. The Kier molecular flexibility index (Phi) is 6.57. The molecule has 3 nitrogen and oxygen atoms in total. The molecule has 0 aliphatic heterocycles. The van der Waals surface area contributed by atoms with Crippen LogP contribution in [0.5, 0.6) is 0 Å². The van der Waals surface area contributed by atoms with Crippen LogP contribution in [0.3, 0.4) is 0 Å². The molecule has 0 aromatic heterocycles. The third-order valence-electron chi connectivity index (χ3n) is 3.53. The zero-order valence-corrected chi connectivity index (χ0v) is 12.4. The number of hydrogen-bond donors (Lipinski definition) is 1. The van der Waals surface area contributed by atoms with Gasteiger partial charge in [-0.3, -0.25) is 4.79 Å². The molecule has 1 aromatic rings. The number of anilines is 1. The van der Waals surface area contributed by atoms with Crippen molar-refractivity contribution in [2.75, 3.05) is 11.9 Å². The molecule has 0 spiro atoms. The van der Waals surface area contributed by atoms with Gasteiger partial charge in [0.25, 0.3) is 0 Å². The Labute approximate surface area is 116 Å². The van der Waals surface area contributed by atoms with E-state index >= 15 is 0 Å².